The number of aromatic nitrogens is 1. The number of guanidine groups is 1. The standard InChI is InChI=1S/C23H36N4O2.HI/c1-8-24-21(27-15-20-25-14-19(29-20)23(5,6)7)26-13-18(28)16-9-11-17(12-10-16)22(2,3)4;/h9-12,14,18,28H,8,13,15H2,1-7H3,(H2,24,26,27);1H. The number of hydrogen-bond acceptors (Lipinski definition) is 4. The largest absolute Gasteiger partial charge is 0.443 e. The predicted molar refractivity (Wildman–Crippen MR) is 134 cm³/mol. The number of benzene rings is 1. The van der Waals surface area contributed by atoms with E-state index in [4.69, 9.17) is 4.42 Å². The fourth-order valence-electron chi connectivity index (χ4n) is 2.73. The molecule has 1 aromatic carbocycles. The summed E-state index contributed by atoms with van der Waals surface area (Å²) in [5.41, 5.74) is 2.14. The normalized spacial score (nSPS) is 13.5. The number of oxazole rings is 1. The summed E-state index contributed by atoms with van der Waals surface area (Å²) in [4.78, 5) is 8.83. The summed E-state index contributed by atoms with van der Waals surface area (Å²) in [5.74, 6) is 2.04. The van der Waals surface area contributed by atoms with Gasteiger partial charge in [-0.3, -0.25) is 0 Å². The van der Waals surface area contributed by atoms with Crippen LogP contribution < -0.4 is 10.6 Å². The van der Waals surface area contributed by atoms with Gasteiger partial charge in [-0.2, -0.15) is 0 Å². The molecule has 0 saturated carbocycles. The molecule has 30 heavy (non-hydrogen) atoms. The first-order valence-corrected chi connectivity index (χ1v) is 10.3. The number of rotatable bonds is 6. The van der Waals surface area contributed by atoms with Crippen LogP contribution in [0.5, 0.6) is 0 Å². The molecular formula is C23H37IN4O2. The van der Waals surface area contributed by atoms with E-state index in [1.54, 1.807) is 6.20 Å². The van der Waals surface area contributed by atoms with Crippen molar-refractivity contribution in [2.75, 3.05) is 13.1 Å². The minimum atomic E-state index is -0.623. The second-order valence-electron chi connectivity index (χ2n) is 9.33. The molecule has 7 heteroatoms. The topological polar surface area (TPSA) is 82.7 Å². The molecule has 0 fully saturated rings. The van der Waals surface area contributed by atoms with Crippen molar-refractivity contribution in [1.82, 2.24) is 15.6 Å². The number of nitrogens with one attached hydrogen (secondary N) is 2. The van der Waals surface area contributed by atoms with E-state index >= 15 is 0 Å². The van der Waals surface area contributed by atoms with Crippen LogP contribution in [0.3, 0.4) is 0 Å². The van der Waals surface area contributed by atoms with Gasteiger partial charge in [-0.1, -0.05) is 65.8 Å². The highest BCUT2D eigenvalue weighted by Crippen LogP contribution is 2.24. The Bertz CT molecular complexity index is 802. The first-order valence-electron chi connectivity index (χ1n) is 10.3. The zero-order valence-electron chi connectivity index (χ0n) is 19.2. The van der Waals surface area contributed by atoms with Crippen LogP contribution >= 0.6 is 24.0 Å². The average Bonchev–Trinajstić information content (AvgIpc) is 3.12. The quantitative estimate of drug-likeness (QED) is 0.288. The molecule has 0 aliphatic carbocycles. The molecule has 2 aromatic rings. The van der Waals surface area contributed by atoms with E-state index in [1.165, 1.54) is 5.56 Å². The van der Waals surface area contributed by atoms with Gasteiger partial charge in [0.05, 0.1) is 12.3 Å². The zero-order valence-corrected chi connectivity index (χ0v) is 21.6. The predicted octanol–water partition coefficient (Wildman–Crippen LogP) is 4.68. The number of aliphatic hydroxyl groups excluding tert-OH is 1. The highest BCUT2D eigenvalue weighted by molar-refractivity contribution is 14.0. The Balaban J connectivity index is 0.00000450. The molecule has 1 aromatic heterocycles. The van der Waals surface area contributed by atoms with Crippen LogP contribution in [0.2, 0.25) is 0 Å². The van der Waals surface area contributed by atoms with Crippen molar-refractivity contribution >= 4 is 29.9 Å². The van der Waals surface area contributed by atoms with Crippen molar-refractivity contribution in [3.63, 3.8) is 0 Å². The van der Waals surface area contributed by atoms with E-state index in [0.29, 0.717) is 24.9 Å². The summed E-state index contributed by atoms with van der Waals surface area (Å²) < 4.78 is 5.79. The van der Waals surface area contributed by atoms with Gasteiger partial charge < -0.3 is 20.2 Å². The van der Waals surface area contributed by atoms with Gasteiger partial charge in [0.1, 0.15) is 12.3 Å². The summed E-state index contributed by atoms with van der Waals surface area (Å²) >= 11 is 0. The monoisotopic (exact) mass is 528 g/mol. The van der Waals surface area contributed by atoms with Crippen molar-refractivity contribution in [3.8, 4) is 0 Å². The second-order valence-corrected chi connectivity index (χ2v) is 9.33. The Hall–Kier alpha value is -1.61. The van der Waals surface area contributed by atoms with Gasteiger partial charge >= 0.3 is 0 Å². The molecular weight excluding hydrogens is 491 g/mol. The van der Waals surface area contributed by atoms with E-state index < -0.39 is 6.10 Å². The van der Waals surface area contributed by atoms with Crippen LogP contribution in [0.25, 0.3) is 0 Å². The van der Waals surface area contributed by atoms with Crippen LogP contribution in [0, 0.1) is 0 Å². The van der Waals surface area contributed by atoms with E-state index in [9.17, 15) is 5.11 Å². The van der Waals surface area contributed by atoms with Crippen LogP contribution in [0.15, 0.2) is 39.9 Å². The van der Waals surface area contributed by atoms with Crippen molar-refractivity contribution in [2.24, 2.45) is 4.99 Å². The molecule has 2 rings (SSSR count). The molecule has 0 saturated heterocycles. The van der Waals surface area contributed by atoms with E-state index in [-0.39, 0.29) is 34.8 Å². The number of aliphatic hydroxyl groups is 1. The summed E-state index contributed by atoms with van der Waals surface area (Å²) in [7, 11) is 0. The molecule has 0 spiro atoms. The Morgan fingerprint density at radius 3 is 2.20 bits per heavy atom. The van der Waals surface area contributed by atoms with Gasteiger partial charge in [0, 0.05) is 18.5 Å². The van der Waals surface area contributed by atoms with Crippen molar-refractivity contribution in [2.45, 2.75) is 71.9 Å². The highest BCUT2D eigenvalue weighted by atomic mass is 127. The highest BCUT2D eigenvalue weighted by Gasteiger charge is 2.19. The minimum Gasteiger partial charge on any atom is -0.443 e. The van der Waals surface area contributed by atoms with Crippen LogP contribution in [0.1, 0.15) is 77.3 Å². The lowest BCUT2D eigenvalue weighted by Gasteiger charge is -2.20. The summed E-state index contributed by atoms with van der Waals surface area (Å²) in [6, 6.07) is 8.12. The van der Waals surface area contributed by atoms with Gasteiger partial charge in [0.2, 0.25) is 5.89 Å². The van der Waals surface area contributed by atoms with Gasteiger partial charge in [-0.25, -0.2) is 9.98 Å². The van der Waals surface area contributed by atoms with Gasteiger partial charge in [0.25, 0.3) is 0 Å². The molecule has 1 atom stereocenters. The van der Waals surface area contributed by atoms with E-state index in [0.717, 1.165) is 17.9 Å². The van der Waals surface area contributed by atoms with Crippen LogP contribution in [-0.4, -0.2) is 29.1 Å². The first kappa shape index (κ1) is 26.4. The molecule has 0 aliphatic heterocycles. The Morgan fingerprint density at radius 2 is 1.70 bits per heavy atom. The molecule has 0 radical (unpaired) electrons. The molecule has 1 heterocycles. The molecule has 168 valence electrons. The number of halogens is 1. The maximum absolute atomic E-state index is 10.5. The van der Waals surface area contributed by atoms with Crippen LogP contribution in [-0.2, 0) is 17.4 Å². The zero-order chi connectivity index (χ0) is 21.7. The first-order chi connectivity index (χ1) is 13.5. The van der Waals surface area contributed by atoms with E-state index in [2.05, 4.69) is 74.3 Å². The maximum atomic E-state index is 10.5. The van der Waals surface area contributed by atoms with E-state index in [1.807, 2.05) is 19.1 Å². The molecule has 0 bridgehead atoms. The summed E-state index contributed by atoms with van der Waals surface area (Å²) in [6.07, 6.45) is 1.14. The summed E-state index contributed by atoms with van der Waals surface area (Å²) in [5, 5.41) is 16.9. The number of nitrogens with zero attached hydrogens (tertiary/aromatic N) is 2. The van der Waals surface area contributed by atoms with Crippen molar-refractivity contribution in [3.05, 3.63) is 53.2 Å². The fourth-order valence-corrected chi connectivity index (χ4v) is 2.73. The lowest BCUT2D eigenvalue weighted by atomic mass is 9.86. The Morgan fingerprint density at radius 1 is 1.07 bits per heavy atom. The maximum Gasteiger partial charge on any atom is 0.216 e. The smallest absolute Gasteiger partial charge is 0.216 e. The van der Waals surface area contributed by atoms with Gasteiger partial charge in [-0.05, 0) is 23.5 Å². The third kappa shape index (κ3) is 7.91. The Kier molecular flexibility index (Phi) is 9.81. The second kappa shape index (κ2) is 11.1. The molecule has 0 aliphatic rings. The van der Waals surface area contributed by atoms with Crippen LogP contribution in [0.4, 0.5) is 0 Å². The van der Waals surface area contributed by atoms with Gasteiger partial charge in [-0.15, -0.1) is 24.0 Å². The lowest BCUT2D eigenvalue weighted by molar-refractivity contribution is 0.181. The molecule has 0 amide bonds. The van der Waals surface area contributed by atoms with Gasteiger partial charge in [0.15, 0.2) is 5.96 Å². The molecule has 3 N–H and O–H groups in total. The third-order valence-electron chi connectivity index (χ3n) is 4.63. The average molecular weight is 528 g/mol. The SMILES string of the molecule is CCNC(=NCc1ncc(C(C)(C)C)o1)NCC(O)c1ccc(C(C)(C)C)cc1.I. The minimum absolute atomic E-state index is 0. The summed E-state index contributed by atoms with van der Waals surface area (Å²) in [6.45, 7) is 16.2. The third-order valence-corrected chi connectivity index (χ3v) is 4.63. The lowest BCUT2D eigenvalue weighted by Crippen LogP contribution is -2.39. The molecule has 6 nitrogen and oxygen atoms in total. The Labute approximate surface area is 198 Å². The van der Waals surface area contributed by atoms with Crippen molar-refractivity contribution < 1.29 is 9.52 Å². The van der Waals surface area contributed by atoms with Crippen molar-refractivity contribution in [1.29, 1.82) is 0 Å². The molecule has 1 unspecified atom stereocenters. The number of aliphatic imine (C=N–C) groups is 1. The number of hydrogen-bond donors (Lipinski definition) is 3. The fraction of sp³-hybridized carbons (Fsp3) is 0.565.